The largest absolute Gasteiger partial charge is 0.305 e. The highest BCUT2D eigenvalue weighted by atomic mass is 15.0. The minimum absolute atomic E-state index is 1.05. The SMILES string of the molecule is CC(C)=C(C)C(C)=C(C)CN(C)C. The van der Waals surface area contributed by atoms with Gasteiger partial charge in [-0.05, 0) is 59.9 Å². The molecule has 0 aromatic heterocycles. The van der Waals surface area contributed by atoms with Crippen LogP contribution in [-0.4, -0.2) is 25.5 Å². The van der Waals surface area contributed by atoms with Crippen LogP contribution in [0.15, 0.2) is 22.3 Å². The zero-order chi connectivity index (χ0) is 10.6. The van der Waals surface area contributed by atoms with Crippen LogP contribution in [0.4, 0.5) is 0 Å². The van der Waals surface area contributed by atoms with Crippen LogP contribution in [0.3, 0.4) is 0 Å². The van der Waals surface area contributed by atoms with E-state index < -0.39 is 0 Å². The van der Waals surface area contributed by atoms with Gasteiger partial charge in [0, 0.05) is 6.54 Å². The summed E-state index contributed by atoms with van der Waals surface area (Å²) in [5, 5.41) is 0. The molecule has 0 unspecified atom stereocenters. The third-order valence-electron chi connectivity index (χ3n) is 2.51. The molecule has 0 heterocycles. The zero-order valence-corrected chi connectivity index (χ0v) is 10.2. The van der Waals surface area contributed by atoms with Crippen LogP contribution in [0.2, 0.25) is 0 Å². The van der Waals surface area contributed by atoms with E-state index in [0.717, 1.165) is 6.54 Å². The molecule has 0 saturated heterocycles. The fraction of sp³-hybridized carbons (Fsp3) is 0.667. The smallest absolute Gasteiger partial charge is 0.0189 e. The van der Waals surface area contributed by atoms with Gasteiger partial charge in [-0.2, -0.15) is 0 Å². The summed E-state index contributed by atoms with van der Waals surface area (Å²) in [7, 11) is 4.21. The Kier molecular flexibility index (Phi) is 5.01. The normalized spacial score (nSPS) is 12.9. The number of rotatable bonds is 3. The van der Waals surface area contributed by atoms with E-state index in [0.29, 0.717) is 0 Å². The second-order valence-electron chi connectivity index (χ2n) is 4.27. The highest BCUT2D eigenvalue weighted by Crippen LogP contribution is 2.17. The van der Waals surface area contributed by atoms with E-state index in [1.54, 1.807) is 0 Å². The molecule has 13 heavy (non-hydrogen) atoms. The maximum absolute atomic E-state index is 2.21. The van der Waals surface area contributed by atoms with Gasteiger partial charge in [0.15, 0.2) is 0 Å². The van der Waals surface area contributed by atoms with Crippen LogP contribution in [0.5, 0.6) is 0 Å². The topological polar surface area (TPSA) is 3.24 Å². The molecule has 0 aliphatic carbocycles. The van der Waals surface area contributed by atoms with Crippen molar-refractivity contribution in [2.45, 2.75) is 34.6 Å². The highest BCUT2D eigenvalue weighted by Gasteiger charge is 2.01. The second kappa shape index (κ2) is 5.23. The summed E-state index contributed by atoms with van der Waals surface area (Å²) >= 11 is 0. The highest BCUT2D eigenvalue weighted by molar-refractivity contribution is 5.34. The number of likely N-dealkylation sites (N-methyl/N-ethyl adjacent to an activating group) is 1. The van der Waals surface area contributed by atoms with Crippen molar-refractivity contribution in [2.75, 3.05) is 20.6 Å². The molecule has 0 radical (unpaired) electrons. The van der Waals surface area contributed by atoms with Crippen LogP contribution < -0.4 is 0 Å². The summed E-state index contributed by atoms with van der Waals surface area (Å²) in [6.07, 6.45) is 0. The third-order valence-corrected chi connectivity index (χ3v) is 2.51. The molecule has 0 atom stereocenters. The average Bonchev–Trinajstić information content (AvgIpc) is 2.00. The van der Waals surface area contributed by atoms with Crippen LogP contribution in [0.1, 0.15) is 34.6 Å². The van der Waals surface area contributed by atoms with Gasteiger partial charge in [-0.3, -0.25) is 0 Å². The van der Waals surface area contributed by atoms with E-state index in [1.807, 2.05) is 0 Å². The Morgan fingerprint density at radius 3 is 1.62 bits per heavy atom. The van der Waals surface area contributed by atoms with Crippen molar-refractivity contribution in [3.8, 4) is 0 Å². The van der Waals surface area contributed by atoms with Gasteiger partial charge < -0.3 is 4.90 Å². The molecule has 76 valence electrons. The molecule has 0 amide bonds. The minimum Gasteiger partial charge on any atom is -0.305 e. The first-order chi connectivity index (χ1) is 5.86. The van der Waals surface area contributed by atoms with E-state index in [2.05, 4.69) is 53.6 Å². The van der Waals surface area contributed by atoms with E-state index >= 15 is 0 Å². The lowest BCUT2D eigenvalue weighted by molar-refractivity contribution is 0.444. The van der Waals surface area contributed by atoms with Crippen molar-refractivity contribution in [1.82, 2.24) is 4.90 Å². The van der Waals surface area contributed by atoms with Gasteiger partial charge >= 0.3 is 0 Å². The molecule has 0 aromatic rings. The van der Waals surface area contributed by atoms with Crippen LogP contribution in [0.25, 0.3) is 0 Å². The van der Waals surface area contributed by atoms with Crippen LogP contribution in [0, 0.1) is 0 Å². The Morgan fingerprint density at radius 1 is 0.846 bits per heavy atom. The van der Waals surface area contributed by atoms with E-state index in [9.17, 15) is 0 Å². The summed E-state index contributed by atoms with van der Waals surface area (Å²) in [5.41, 5.74) is 5.74. The van der Waals surface area contributed by atoms with E-state index in [1.165, 1.54) is 22.3 Å². The molecular weight excluding hydrogens is 158 g/mol. The molecule has 0 spiro atoms. The monoisotopic (exact) mass is 181 g/mol. The summed E-state index contributed by atoms with van der Waals surface area (Å²) in [4.78, 5) is 2.21. The first-order valence-corrected chi connectivity index (χ1v) is 4.81. The second-order valence-corrected chi connectivity index (χ2v) is 4.27. The Hall–Kier alpha value is -0.560. The maximum atomic E-state index is 2.21. The summed E-state index contributed by atoms with van der Waals surface area (Å²) in [6.45, 7) is 12.0. The lowest BCUT2D eigenvalue weighted by Crippen LogP contribution is -2.15. The van der Waals surface area contributed by atoms with Gasteiger partial charge in [0.25, 0.3) is 0 Å². The number of hydrogen-bond acceptors (Lipinski definition) is 1. The molecule has 0 bridgehead atoms. The van der Waals surface area contributed by atoms with Gasteiger partial charge in [0.2, 0.25) is 0 Å². The van der Waals surface area contributed by atoms with E-state index in [-0.39, 0.29) is 0 Å². The molecular formula is C12H23N. The predicted octanol–water partition coefficient (Wildman–Crippen LogP) is 3.24. The molecule has 0 aromatic carbocycles. The van der Waals surface area contributed by atoms with E-state index in [4.69, 9.17) is 0 Å². The molecule has 0 N–H and O–H groups in total. The fourth-order valence-corrected chi connectivity index (χ4v) is 1.29. The standard InChI is InChI=1S/C12H23N/c1-9(2)11(4)12(5)10(3)8-13(6)7/h8H2,1-7H3. The lowest BCUT2D eigenvalue weighted by Gasteiger charge is -2.14. The first-order valence-electron chi connectivity index (χ1n) is 4.81. The van der Waals surface area contributed by atoms with Crippen molar-refractivity contribution in [2.24, 2.45) is 0 Å². The van der Waals surface area contributed by atoms with Gasteiger partial charge in [0.1, 0.15) is 0 Å². The molecule has 0 saturated carbocycles. The quantitative estimate of drug-likeness (QED) is 0.604. The fourth-order valence-electron chi connectivity index (χ4n) is 1.29. The summed E-state index contributed by atoms with van der Waals surface area (Å²) in [5.74, 6) is 0. The number of allylic oxidation sites excluding steroid dienone is 3. The maximum Gasteiger partial charge on any atom is 0.0189 e. The van der Waals surface area contributed by atoms with Gasteiger partial charge in [0.05, 0.1) is 0 Å². The van der Waals surface area contributed by atoms with Crippen molar-refractivity contribution in [3.05, 3.63) is 22.3 Å². The molecule has 0 fully saturated rings. The van der Waals surface area contributed by atoms with Gasteiger partial charge in [-0.15, -0.1) is 0 Å². The first kappa shape index (κ1) is 12.4. The van der Waals surface area contributed by atoms with Gasteiger partial charge in [-0.25, -0.2) is 0 Å². The van der Waals surface area contributed by atoms with Crippen molar-refractivity contribution < 1.29 is 0 Å². The molecule has 0 aliphatic rings. The Labute approximate surface area is 83.1 Å². The van der Waals surface area contributed by atoms with Crippen molar-refractivity contribution >= 4 is 0 Å². The molecule has 1 nitrogen and oxygen atoms in total. The van der Waals surface area contributed by atoms with Crippen LogP contribution >= 0.6 is 0 Å². The zero-order valence-electron chi connectivity index (χ0n) is 10.2. The number of hydrogen-bond donors (Lipinski definition) is 0. The Balaban J connectivity index is 4.72. The van der Waals surface area contributed by atoms with Crippen molar-refractivity contribution in [1.29, 1.82) is 0 Å². The lowest BCUT2D eigenvalue weighted by atomic mass is 10.00. The van der Waals surface area contributed by atoms with Gasteiger partial charge in [-0.1, -0.05) is 11.1 Å². The van der Waals surface area contributed by atoms with Crippen LogP contribution in [-0.2, 0) is 0 Å². The summed E-state index contributed by atoms with van der Waals surface area (Å²) < 4.78 is 0. The Morgan fingerprint density at radius 2 is 1.31 bits per heavy atom. The third kappa shape index (κ3) is 4.28. The molecule has 0 rings (SSSR count). The minimum atomic E-state index is 1.05. The summed E-state index contributed by atoms with van der Waals surface area (Å²) in [6, 6.07) is 0. The average molecular weight is 181 g/mol. The Bertz CT molecular complexity index is 228. The van der Waals surface area contributed by atoms with Crippen molar-refractivity contribution in [3.63, 3.8) is 0 Å². The molecule has 1 heteroatoms. The number of nitrogens with zero attached hydrogens (tertiary/aromatic N) is 1. The predicted molar refractivity (Wildman–Crippen MR) is 61.0 cm³/mol. The molecule has 0 aliphatic heterocycles.